The minimum atomic E-state index is -1.12. The second-order valence-corrected chi connectivity index (χ2v) is 4.61. The molecule has 0 saturated heterocycles. The summed E-state index contributed by atoms with van der Waals surface area (Å²) in [5, 5.41) is 13.2. The lowest BCUT2D eigenvalue weighted by atomic mass is 9.88. The lowest BCUT2D eigenvalue weighted by molar-refractivity contribution is 0.0123. The second-order valence-electron chi connectivity index (χ2n) is 4.61. The predicted molar refractivity (Wildman–Crippen MR) is 76.8 cm³/mol. The Morgan fingerprint density at radius 1 is 1.50 bits per heavy atom. The molecule has 0 saturated carbocycles. The zero-order valence-electron chi connectivity index (χ0n) is 11.9. The number of rotatable bonds is 8. The molecule has 1 amide bonds. The second kappa shape index (κ2) is 6.96. The Balaban J connectivity index is 2.76. The summed E-state index contributed by atoms with van der Waals surface area (Å²) >= 11 is 0. The van der Waals surface area contributed by atoms with Gasteiger partial charge in [0.2, 0.25) is 0 Å². The van der Waals surface area contributed by atoms with Crippen LogP contribution in [0.5, 0.6) is 5.95 Å². The number of furan rings is 1. The van der Waals surface area contributed by atoms with Gasteiger partial charge in [-0.05, 0) is 25.8 Å². The molecule has 1 aromatic heterocycles. The highest BCUT2D eigenvalue weighted by molar-refractivity contribution is 5.91. The van der Waals surface area contributed by atoms with Crippen LogP contribution >= 0.6 is 0 Å². The van der Waals surface area contributed by atoms with Gasteiger partial charge in [0, 0.05) is 6.07 Å². The number of methoxy groups -OCH3 is 1. The van der Waals surface area contributed by atoms with Gasteiger partial charge in [0.05, 0.1) is 18.8 Å². The normalized spacial score (nSPS) is 12.6. The lowest BCUT2D eigenvalue weighted by Crippen LogP contribution is -2.50. The number of carbonyl (C=O) groups is 1. The van der Waals surface area contributed by atoms with Gasteiger partial charge in [0.25, 0.3) is 11.9 Å². The highest BCUT2D eigenvalue weighted by Gasteiger charge is 2.33. The van der Waals surface area contributed by atoms with Crippen molar-refractivity contribution < 1.29 is 19.1 Å². The predicted octanol–water partition coefficient (Wildman–Crippen LogP) is 2.29. The van der Waals surface area contributed by atoms with Crippen molar-refractivity contribution in [2.24, 2.45) is 0 Å². The van der Waals surface area contributed by atoms with Crippen LogP contribution in [0, 0.1) is 0 Å². The van der Waals surface area contributed by atoms with Crippen LogP contribution in [0.1, 0.15) is 30.3 Å². The molecule has 110 valence electrons. The van der Waals surface area contributed by atoms with Crippen molar-refractivity contribution in [2.45, 2.75) is 31.4 Å². The summed E-state index contributed by atoms with van der Waals surface area (Å²) in [7, 11) is 1.45. The number of carbonyl (C=O) groups excluding carboxylic acids is 1. The highest BCUT2D eigenvalue weighted by Crippen LogP contribution is 2.22. The number of hydrogen-bond acceptors (Lipinski definition) is 4. The first kappa shape index (κ1) is 16.0. The molecule has 1 aromatic rings. The van der Waals surface area contributed by atoms with Crippen molar-refractivity contribution in [1.82, 2.24) is 5.32 Å². The fourth-order valence-electron chi connectivity index (χ4n) is 1.89. The van der Waals surface area contributed by atoms with Crippen molar-refractivity contribution in [3.63, 3.8) is 0 Å². The van der Waals surface area contributed by atoms with Crippen molar-refractivity contribution in [2.75, 3.05) is 7.11 Å². The molecule has 1 heterocycles. The van der Waals surface area contributed by atoms with E-state index in [0.717, 1.165) is 0 Å². The molecule has 0 fully saturated rings. The number of aliphatic hydroxyl groups is 1. The maximum absolute atomic E-state index is 12.0. The van der Waals surface area contributed by atoms with Crippen molar-refractivity contribution in [3.8, 4) is 5.95 Å². The smallest absolute Gasteiger partial charge is 0.287 e. The van der Waals surface area contributed by atoms with Gasteiger partial charge in [-0.2, -0.15) is 0 Å². The largest absolute Gasteiger partial charge is 0.468 e. The number of amides is 1. The van der Waals surface area contributed by atoms with Crippen LogP contribution in [0.25, 0.3) is 0 Å². The van der Waals surface area contributed by atoms with E-state index in [-0.39, 0.29) is 11.7 Å². The maximum Gasteiger partial charge on any atom is 0.287 e. The average molecular weight is 279 g/mol. The van der Waals surface area contributed by atoms with Gasteiger partial charge in [-0.3, -0.25) is 4.79 Å². The Labute approximate surface area is 118 Å². The fourth-order valence-corrected chi connectivity index (χ4v) is 1.89. The topological polar surface area (TPSA) is 71.7 Å². The van der Waals surface area contributed by atoms with E-state index in [0.29, 0.717) is 12.8 Å². The first-order valence-corrected chi connectivity index (χ1v) is 6.35. The van der Waals surface area contributed by atoms with Gasteiger partial charge in [0.15, 0.2) is 5.76 Å². The molecule has 5 heteroatoms. The van der Waals surface area contributed by atoms with Gasteiger partial charge >= 0.3 is 0 Å². The fraction of sp³-hybridized carbons (Fsp3) is 0.400. The van der Waals surface area contributed by atoms with Crippen molar-refractivity contribution >= 4 is 5.91 Å². The minimum absolute atomic E-state index is 0.133. The third-order valence-electron chi connectivity index (χ3n) is 3.16. The molecule has 20 heavy (non-hydrogen) atoms. The van der Waals surface area contributed by atoms with E-state index in [4.69, 9.17) is 9.15 Å². The van der Waals surface area contributed by atoms with E-state index in [1.165, 1.54) is 13.2 Å². The monoisotopic (exact) mass is 279 g/mol. The molecule has 0 unspecified atom stereocenters. The van der Waals surface area contributed by atoms with Crippen LogP contribution < -0.4 is 10.1 Å². The third kappa shape index (κ3) is 3.74. The maximum atomic E-state index is 12.0. The van der Waals surface area contributed by atoms with E-state index in [1.807, 2.05) is 0 Å². The summed E-state index contributed by atoms with van der Waals surface area (Å²) in [6.07, 6.45) is 3.92. The van der Waals surface area contributed by atoms with E-state index in [2.05, 4.69) is 18.5 Å². The van der Waals surface area contributed by atoms with Crippen molar-refractivity contribution in [1.29, 1.82) is 0 Å². The SMILES string of the molecule is C=CCC(O)(CC=C)[C@@H](C)NC(=O)c1ccc(OC)o1. The van der Waals surface area contributed by atoms with E-state index >= 15 is 0 Å². The highest BCUT2D eigenvalue weighted by atomic mass is 16.6. The van der Waals surface area contributed by atoms with Gasteiger partial charge in [-0.15, -0.1) is 13.2 Å². The summed E-state index contributed by atoms with van der Waals surface area (Å²) < 4.78 is 10.0. The molecule has 0 radical (unpaired) electrons. The Morgan fingerprint density at radius 3 is 2.55 bits per heavy atom. The zero-order valence-corrected chi connectivity index (χ0v) is 11.9. The zero-order chi connectivity index (χ0) is 15.2. The Kier molecular flexibility index (Phi) is 5.58. The molecule has 0 aliphatic rings. The van der Waals surface area contributed by atoms with Gasteiger partial charge in [-0.25, -0.2) is 0 Å². The molecular formula is C15H21NO4. The van der Waals surface area contributed by atoms with E-state index in [9.17, 15) is 9.90 Å². The Bertz CT molecular complexity index is 468. The molecule has 1 rings (SSSR count). The molecule has 5 nitrogen and oxygen atoms in total. The summed E-state index contributed by atoms with van der Waals surface area (Å²) in [5.74, 6) is -0.0177. The summed E-state index contributed by atoms with van der Waals surface area (Å²) in [6.45, 7) is 8.97. The first-order valence-electron chi connectivity index (χ1n) is 6.35. The quantitative estimate of drug-likeness (QED) is 0.716. The molecule has 0 bridgehead atoms. The van der Waals surface area contributed by atoms with Gasteiger partial charge in [0.1, 0.15) is 0 Å². The van der Waals surface area contributed by atoms with Gasteiger partial charge in [-0.1, -0.05) is 12.2 Å². The minimum Gasteiger partial charge on any atom is -0.468 e. The van der Waals surface area contributed by atoms with Crippen LogP contribution in [0.4, 0.5) is 0 Å². The van der Waals surface area contributed by atoms with Crippen LogP contribution in [0.2, 0.25) is 0 Å². The molecule has 0 aliphatic carbocycles. The molecule has 0 spiro atoms. The van der Waals surface area contributed by atoms with Gasteiger partial charge < -0.3 is 19.6 Å². The van der Waals surface area contributed by atoms with E-state index < -0.39 is 17.6 Å². The molecule has 0 aliphatic heterocycles. The van der Waals surface area contributed by atoms with Crippen molar-refractivity contribution in [3.05, 3.63) is 43.2 Å². The van der Waals surface area contributed by atoms with Crippen LogP contribution in [-0.2, 0) is 0 Å². The first-order chi connectivity index (χ1) is 9.46. The average Bonchev–Trinajstić information content (AvgIpc) is 2.88. The standard InChI is InChI=1S/C15H21NO4/c1-5-9-15(18,10-6-2)11(3)16-14(17)12-7-8-13(19-4)20-12/h5-8,11,18H,1-2,9-10H2,3-4H3,(H,16,17)/t11-/m1/s1. The summed E-state index contributed by atoms with van der Waals surface area (Å²) in [4.78, 5) is 12.0. The van der Waals surface area contributed by atoms with Crippen LogP contribution in [-0.4, -0.2) is 29.8 Å². The molecule has 0 aromatic carbocycles. The number of hydrogen-bond donors (Lipinski definition) is 2. The summed E-state index contributed by atoms with van der Waals surface area (Å²) in [6, 6.07) is 2.59. The molecule has 2 N–H and O–H groups in total. The third-order valence-corrected chi connectivity index (χ3v) is 3.16. The number of nitrogens with one attached hydrogen (secondary N) is 1. The molecular weight excluding hydrogens is 258 g/mol. The summed E-state index contributed by atoms with van der Waals surface area (Å²) in [5.41, 5.74) is -1.12. The Hall–Kier alpha value is -2.01. The van der Waals surface area contributed by atoms with Crippen LogP contribution in [0.15, 0.2) is 41.9 Å². The van der Waals surface area contributed by atoms with E-state index in [1.54, 1.807) is 25.1 Å². The number of ether oxygens (including phenoxy) is 1. The van der Waals surface area contributed by atoms with Crippen LogP contribution in [0.3, 0.4) is 0 Å². The lowest BCUT2D eigenvalue weighted by Gasteiger charge is -2.32. The Morgan fingerprint density at radius 2 is 2.10 bits per heavy atom. The molecule has 1 atom stereocenters.